The Morgan fingerprint density at radius 3 is 2.72 bits per heavy atom. The first-order chi connectivity index (χ1) is 8.72. The highest BCUT2D eigenvalue weighted by molar-refractivity contribution is 5.89. The fourth-order valence-corrected chi connectivity index (χ4v) is 2.16. The van der Waals surface area contributed by atoms with E-state index in [1.54, 1.807) is 0 Å². The van der Waals surface area contributed by atoms with E-state index in [0.717, 1.165) is 12.0 Å². The van der Waals surface area contributed by atoms with Gasteiger partial charge in [-0.25, -0.2) is 4.79 Å². The van der Waals surface area contributed by atoms with Crippen LogP contribution in [0.25, 0.3) is 0 Å². The lowest BCUT2D eigenvalue weighted by molar-refractivity contribution is -0.139. The molecule has 0 fully saturated rings. The summed E-state index contributed by atoms with van der Waals surface area (Å²) in [4.78, 5) is 11.7. The number of ether oxygens (including phenoxy) is 2. The second kappa shape index (κ2) is 5.71. The zero-order valence-corrected chi connectivity index (χ0v) is 10.8. The summed E-state index contributed by atoms with van der Waals surface area (Å²) in [5.41, 5.74) is 1.82. The Morgan fingerprint density at radius 1 is 1.39 bits per heavy atom. The maximum absolute atomic E-state index is 11.7. The molecule has 0 spiro atoms. The van der Waals surface area contributed by atoms with Crippen molar-refractivity contribution in [3.05, 3.63) is 47.2 Å². The van der Waals surface area contributed by atoms with E-state index in [1.165, 1.54) is 0 Å². The summed E-state index contributed by atoms with van der Waals surface area (Å²) in [6.07, 6.45) is 1.57. The molecule has 0 radical (unpaired) electrons. The molecule has 1 aliphatic heterocycles. The average Bonchev–Trinajstić information content (AvgIpc) is 2.40. The van der Waals surface area contributed by atoms with Gasteiger partial charge in [0, 0.05) is 0 Å². The van der Waals surface area contributed by atoms with Crippen molar-refractivity contribution < 1.29 is 14.3 Å². The number of carbonyl (C=O) groups excluding carboxylic acids is 1. The summed E-state index contributed by atoms with van der Waals surface area (Å²) in [6.45, 7) is 4.04. The Kier molecular flexibility index (Phi) is 4.03. The molecule has 0 saturated heterocycles. The van der Waals surface area contributed by atoms with Gasteiger partial charge in [-0.2, -0.15) is 0 Å². The van der Waals surface area contributed by atoms with Crippen molar-refractivity contribution in [3.8, 4) is 0 Å². The van der Waals surface area contributed by atoms with Crippen molar-refractivity contribution in [2.75, 3.05) is 6.61 Å². The van der Waals surface area contributed by atoms with Gasteiger partial charge in [0.05, 0.1) is 12.2 Å². The summed E-state index contributed by atoms with van der Waals surface area (Å²) < 4.78 is 10.8. The molecule has 0 aromatic heterocycles. The standard InChI is InChI=1S/C15H18O3/c1-3-17-15(16)13-9-10-14(18-11(13)2)12-7-5-4-6-8-12/h4-8,14H,3,9-10H2,1-2H3. The van der Waals surface area contributed by atoms with Crippen LogP contribution in [0.5, 0.6) is 0 Å². The second-order valence-corrected chi connectivity index (χ2v) is 4.31. The fourth-order valence-electron chi connectivity index (χ4n) is 2.16. The predicted octanol–water partition coefficient (Wildman–Crippen LogP) is 3.38. The quantitative estimate of drug-likeness (QED) is 0.767. The van der Waals surface area contributed by atoms with Crippen molar-refractivity contribution in [1.82, 2.24) is 0 Å². The van der Waals surface area contributed by atoms with Crippen molar-refractivity contribution in [2.45, 2.75) is 32.8 Å². The van der Waals surface area contributed by atoms with E-state index in [4.69, 9.17) is 9.47 Å². The molecule has 2 rings (SSSR count). The zero-order valence-electron chi connectivity index (χ0n) is 10.8. The molecule has 1 atom stereocenters. The van der Waals surface area contributed by atoms with E-state index in [0.29, 0.717) is 24.4 Å². The van der Waals surface area contributed by atoms with Crippen LogP contribution in [0, 0.1) is 0 Å². The van der Waals surface area contributed by atoms with E-state index < -0.39 is 0 Å². The normalized spacial score (nSPS) is 19.3. The summed E-state index contributed by atoms with van der Waals surface area (Å²) in [7, 11) is 0. The molecule has 1 heterocycles. The van der Waals surface area contributed by atoms with E-state index in [1.807, 2.05) is 44.2 Å². The van der Waals surface area contributed by atoms with Gasteiger partial charge < -0.3 is 9.47 Å². The Morgan fingerprint density at radius 2 is 2.11 bits per heavy atom. The van der Waals surface area contributed by atoms with Gasteiger partial charge in [-0.15, -0.1) is 0 Å². The number of carbonyl (C=O) groups is 1. The molecule has 0 aliphatic carbocycles. The molecule has 1 aliphatic rings. The number of benzene rings is 1. The molecule has 18 heavy (non-hydrogen) atoms. The number of esters is 1. The first-order valence-corrected chi connectivity index (χ1v) is 6.31. The van der Waals surface area contributed by atoms with Crippen molar-refractivity contribution in [1.29, 1.82) is 0 Å². The Hall–Kier alpha value is -1.77. The van der Waals surface area contributed by atoms with Gasteiger partial charge in [-0.1, -0.05) is 30.3 Å². The van der Waals surface area contributed by atoms with Gasteiger partial charge in [0.2, 0.25) is 0 Å². The predicted molar refractivity (Wildman–Crippen MR) is 68.8 cm³/mol. The number of allylic oxidation sites excluding steroid dienone is 1. The molecule has 1 unspecified atom stereocenters. The van der Waals surface area contributed by atoms with Crippen LogP contribution in [-0.2, 0) is 14.3 Å². The Balaban J connectivity index is 2.10. The van der Waals surface area contributed by atoms with Crippen LogP contribution < -0.4 is 0 Å². The maximum atomic E-state index is 11.7. The molecule has 0 saturated carbocycles. The van der Waals surface area contributed by atoms with Gasteiger partial charge in [0.15, 0.2) is 0 Å². The monoisotopic (exact) mass is 246 g/mol. The van der Waals surface area contributed by atoms with Crippen LogP contribution >= 0.6 is 0 Å². The Labute approximate surface area is 107 Å². The van der Waals surface area contributed by atoms with E-state index in [9.17, 15) is 4.79 Å². The van der Waals surface area contributed by atoms with Crippen LogP contribution in [0.2, 0.25) is 0 Å². The highest BCUT2D eigenvalue weighted by Crippen LogP contribution is 2.33. The summed E-state index contributed by atoms with van der Waals surface area (Å²) in [6, 6.07) is 10.1. The molecule has 0 N–H and O–H groups in total. The second-order valence-electron chi connectivity index (χ2n) is 4.31. The SMILES string of the molecule is CCOC(=O)C1=C(C)OC(c2ccccc2)CC1. The molecule has 0 amide bonds. The highest BCUT2D eigenvalue weighted by atomic mass is 16.5. The van der Waals surface area contributed by atoms with Crippen molar-refractivity contribution in [3.63, 3.8) is 0 Å². The van der Waals surface area contributed by atoms with Crippen LogP contribution in [0.3, 0.4) is 0 Å². The molecular formula is C15H18O3. The number of hydrogen-bond acceptors (Lipinski definition) is 3. The summed E-state index contributed by atoms with van der Waals surface area (Å²) in [5.74, 6) is 0.440. The van der Waals surface area contributed by atoms with Crippen molar-refractivity contribution in [2.24, 2.45) is 0 Å². The lowest BCUT2D eigenvalue weighted by Crippen LogP contribution is -2.17. The highest BCUT2D eigenvalue weighted by Gasteiger charge is 2.25. The molecule has 96 valence electrons. The fraction of sp³-hybridized carbons (Fsp3) is 0.400. The Bertz CT molecular complexity index is 448. The summed E-state index contributed by atoms with van der Waals surface area (Å²) in [5, 5.41) is 0. The van der Waals surface area contributed by atoms with Crippen LogP contribution in [0.15, 0.2) is 41.7 Å². The molecule has 3 heteroatoms. The third kappa shape index (κ3) is 2.73. The van der Waals surface area contributed by atoms with Crippen LogP contribution in [0.4, 0.5) is 0 Å². The summed E-state index contributed by atoms with van der Waals surface area (Å²) >= 11 is 0. The average molecular weight is 246 g/mol. The first-order valence-electron chi connectivity index (χ1n) is 6.31. The third-order valence-corrected chi connectivity index (χ3v) is 3.09. The maximum Gasteiger partial charge on any atom is 0.337 e. The number of rotatable bonds is 3. The number of hydrogen-bond donors (Lipinski definition) is 0. The van der Waals surface area contributed by atoms with Gasteiger partial charge in [-0.3, -0.25) is 0 Å². The van der Waals surface area contributed by atoms with Gasteiger partial charge in [0.25, 0.3) is 0 Å². The third-order valence-electron chi connectivity index (χ3n) is 3.09. The van der Waals surface area contributed by atoms with E-state index in [-0.39, 0.29) is 12.1 Å². The minimum atomic E-state index is -0.249. The lowest BCUT2D eigenvalue weighted by Gasteiger charge is -2.26. The smallest absolute Gasteiger partial charge is 0.337 e. The largest absolute Gasteiger partial charge is 0.490 e. The van der Waals surface area contributed by atoms with E-state index in [2.05, 4.69) is 0 Å². The van der Waals surface area contributed by atoms with Crippen LogP contribution in [0.1, 0.15) is 38.4 Å². The van der Waals surface area contributed by atoms with Gasteiger partial charge in [0.1, 0.15) is 11.9 Å². The topological polar surface area (TPSA) is 35.5 Å². The van der Waals surface area contributed by atoms with E-state index >= 15 is 0 Å². The van der Waals surface area contributed by atoms with Gasteiger partial charge in [-0.05, 0) is 32.3 Å². The zero-order chi connectivity index (χ0) is 13.0. The molecule has 3 nitrogen and oxygen atoms in total. The molecule has 1 aromatic carbocycles. The molecule has 1 aromatic rings. The molecular weight excluding hydrogens is 228 g/mol. The minimum Gasteiger partial charge on any atom is -0.490 e. The van der Waals surface area contributed by atoms with Crippen LogP contribution in [-0.4, -0.2) is 12.6 Å². The lowest BCUT2D eigenvalue weighted by atomic mass is 9.98. The van der Waals surface area contributed by atoms with Gasteiger partial charge >= 0.3 is 5.97 Å². The first kappa shape index (κ1) is 12.7. The molecule has 0 bridgehead atoms. The van der Waals surface area contributed by atoms with Crippen molar-refractivity contribution >= 4 is 5.97 Å². The minimum absolute atomic E-state index is 0.0457.